The lowest BCUT2D eigenvalue weighted by atomic mass is 10.2. The monoisotopic (exact) mass is 439 g/mol. The molecule has 2 aromatic heterocycles. The fourth-order valence-corrected chi connectivity index (χ4v) is 2.71. The molecule has 1 fully saturated rings. The van der Waals surface area contributed by atoms with Crippen LogP contribution in [0.1, 0.15) is 5.69 Å². The van der Waals surface area contributed by atoms with Crippen molar-refractivity contribution in [1.82, 2.24) is 24.8 Å². The minimum atomic E-state index is -0.345. The van der Waals surface area contributed by atoms with Crippen molar-refractivity contribution in [3.8, 4) is 18.0 Å². The zero-order valence-electron chi connectivity index (χ0n) is 17.6. The standard InChI is InChI=1S/C22H25N5O5/c1-3-12-30-20-24-21(31-13-4-2)26-22(25-20)32-16-18-15-27(11-14-29-18)19(28)9-8-17-7-5-6-10-23-17/h3-10,18H,1-2,11-16H2/b9-8+. The summed E-state index contributed by atoms with van der Waals surface area (Å²) in [6.07, 6.45) is 7.65. The quantitative estimate of drug-likeness (QED) is 0.382. The molecular weight excluding hydrogens is 414 g/mol. The molecule has 1 unspecified atom stereocenters. The highest BCUT2D eigenvalue weighted by molar-refractivity contribution is 5.91. The van der Waals surface area contributed by atoms with E-state index in [9.17, 15) is 4.79 Å². The number of ether oxygens (including phenoxy) is 4. The molecule has 1 saturated heterocycles. The number of rotatable bonds is 11. The van der Waals surface area contributed by atoms with Gasteiger partial charge in [0, 0.05) is 18.8 Å². The summed E-state index contributed by atoms with van der Waals surface area (Å²) in [4.78, 5) is 30.6. The minimum absolute atomic E-state index is 0.0280. The van der Waals surface area contributed by atoms with Gasteiger partial charge in [0.2, 0.25) is 5.91 Å². The van der Waals surface area contributed by atoms with Gasteiger partial charge in [-0.05, 0) is 18.2 Å². The third-order valence-electron chi connectivity index (χ3n) is 4.17. The molecule has 168 valence electrons. The number of nitrogens with zero attached hydrogens (tertiary/aromatic N) is 5. The molecule has 3 rings (SSSR count). The van der Waals surface area contributed by atoms with E-state index in [0.29, 0.717) is 25.4 Å². The SMILES string of the molecule is C=CCOc1nc(OCC=C)nc(OCC2CN(C(=O)/C=C/c3ccccn3)CCO2)n1. The third-order valence-corrected chi connectivity index (χ3v) is 4.17. The van der Waals surface area contributed by atoms with Crippen LogP contribution in [0.15, 0.2) is 55.8 Å². The Morgan fingerprint density at radius 3 is 2.41 bits per heavy atom. The van der Waals surface area contributed by atoms with E-state index in [-0.39, 0.29) is 49.9 Å². The Labute approximate surface area is 186 Å². The second-order valence-electron chi connectivity index (χ2n) is 6.56. The summed E-state index contributed by atoms with van der Waals surface area (Å²) in [7, 11) is 0. The lowest BCUT2D eigenvalue weighted by Crippen LogP contribution is -2.47. The summed E-state index contributed by atoms with van der Waals surface area (Å²) in [6.45, 7) is 9.02. The van der Waals surface area contributed by atoms with Crippen LogP contribution >= 0.6 is 0 Å². The average molecular weight is 439 g/mol. The topological polar surface area (TPSA) is 109 Å². The summed E-state index contributed by atoms with van der Waals surface area (Å²) in [5, 5.41) is 0. The summed E-state index contributed by atoms with van der Waals surface area (Å²) >= 11 is 0. The first kappa shape index (κ1) is 22.9. The van der Waals surface area contributed by atoms with Gasteiger partial charge in [-0.25, -0.2) is 0 Å². The number of carbonyl (C=O) groups excluding carboxylic acids is 1. The van der Waals surface area contributed by atoms with E-state index in [1.54, 1.807) is 29.3 Å². The van der Waals surface area contributed by atoms with Crippen LogP contribution in [-0.2, 0) is 9.53 Å². The van der Waals surface area contributed by atoms with Gasteiger partial charge in [-0.15, -0.1) is 15.0 Å². The highest BCUT2D eigenvalue weighted by Crippen LogP contribution is 2.16. The maximum atomic E-state index is 12.5. The maximum absolute atomic E-state index is 12.5. The van der Waals surface area contributed by atoms with Crippen LogP contribution in [0.5, 0.6) is 18.0 Å². The van der Waals surface area contributed by atoms with Crippen molar-refractivity contribution in [3.05, 3.63) is 61.5 Å². The van der Waals surface area contributed by atoms with Gasteiger partial charge in [-0.1, -0.05) is 31.4 Å². The molecule has 0 spiro atoms. The predicted octanol–water partition coefficient (Wildman–Crippen LogP) is 1.72. The van der Waals surface area contributed by atoms with Crippen LogP contribution in [0.2, 0.25) is 0 Å². The van der Waals surface area contributed by atoms with E-state index in [2.05, 4.69) is 33.1 Å². The largest absolute Gasteiger partial charge is 0.460 e. The first-order valence-electron chi connectivity index (χ1n) is 10.0. The van der Waals surface area contributed by atoms with Gasteiger partial charge >= 0.3 is 18.0 Å². The molecule has 1 aliphatic heterocycles. The molecule has 1 aliphatic rings. The number of hydrogen-bond acceptors (Lipinski definition) is 9. The van der Waals surface area contributed by atoms with Gasteiger partial charge < -0.3 is 23.8 Å². The van der Waals surface area contributed by atoms with Crippen molar-refractivity contribution in [2.24, 2.45) is 0 Å². The predicted molar refractivity (Wildman–Crippen MR) is 116 cm³/mol. The molecule has 1 amide bonds. The molecular formula is C22H25N5O5. The van der Waals surface area contributed by atoms with Gasteiger partial charge in [-0.3, -0.25) is 9.78 Å². The van der Waals surface area contributed by atoms with Crippen molar-refractivity contribution >= 4 is 12.0 Å². The molecule has 10 nitrogen and oxygen atoms in total. The number of hydrogen-bond donors (Lipinski definition) is 0. The number of morpholine rings is 1. The van der Waals surface area contributed by atoms with Gasteiger partial charge in [0.25, 0.3) is 0 Å². The Kier molecular flexibility index (Phi) is 8.70. The van der Waals surface area contributed by atoms with Crippen molar-refractivity contribution in [1.29, 1.82) is 0 Å². The Morgan fingerprint density at radius 2 is 1.78 bits per heavy atom. The smallest absolute Gasteiger partial charge is 0.326 e. The molecule has 32 heavy (non-hydrogen) atoms. The zero-order chi connectivity index (χ0) is 22.6. The molecule has 0 saturated carbocycles. The van der Waals surface area contributed by atoms with Crippen LogP contribution in [0.4, 0.5) is 0 Å². The lowest BCUT2D eigenvalue weighted by Gasteiger charge is -2.32. The average Bonchev–Trinajstić information content (AvgIpc) is 2.84. The van der Waals surface area contributed by atoms with E-state index >= 15 is 0 Å². The third kappa shape index (κ3) is 7.17. The number of aromatic nitrogens is 4. The Balaban J connectivity index is 1.57. The maximum Gasteiger partial charge on any atom is 0.326 e. The van der Waals surface area contributed by atoms with Gasteiger partial charge in [0.15, 0.2) is 0 Å². The van der Waals surface area contributed by atoms with E-state index in [1.807, 2.05) is 18.2 Å². The van der Waals surface area contributed by atoms with Crippen molar-refractivity contribution in [2.75, 3.05) is 39.5 Å². The molecule has 0 radical (unpaired) electrons. The molecule has 0 N–H and O–H groups in total. The van der Waals surface area contributed by atoms with Crippen molar-refractivity contribution in [2.45, 2.75) is 6.10 Å². The first-order valence-corrected chi connectivity index (χ1v) is 10.0. The lowest BCUT2D eigenvalue weighted by molar-refractivity contribution is -0.134. The van der Waals surface area contributed by atoms with Crippen LogP contribution < -0.4 is 14.2 Å². The van der Waals surface area contributed by atoms with Crippen LogP contribution in [-0.4, -0.2) is 76.4 Å². The summed E-state index contributed by atoms with van der Waals surface area (Å²) in [6, 6.07) is 5.64. The fourth-order valence-electron chi connectivity index (χ4n) is 2.71. The summed E-state index contributed by atoms with van der Waals surface area (Å²) in [5.74, 6) is -0.121. The minimum Gasteiger partial charge on any atom is -0.460 e. The van der Waals surface area contributed by atoms with Gasteiger partial charge in [0.1, 0.15) is 25.9 Å². The Bertz CT molecular complexity index is 907. The van der Waals surface area contributed by atoms with Crippen molar-refractivity contribution in [3.63, 3.8) is 0 Å². The number of pyridine rings is 1. The van der Waals surface area contributed by atoms with Crippen LogP contribution in [0.25, 0.3) is 6.08 Å². The molecule has 0 aliphatic carbocycles. The van der Waals surface area contributed by atoms with Gasteiger partial charge in [-0.2, -0.15) is 0 Å². The second kappa shape index (κ2) is 12.2. The first-order chi connectivity index (χ1) is 15.7. The van der Waals surface area contributed by atoms with Crippen LogP contribution in [0.3, 0.4) is 0 Å². The molecule has 10 heteroatoms. The Morgan fingerprint density at radius 1 is 1.09 bits per heavy atom. The normalized spacial score (nSPS) is 15.9. The highest BCUT2D eigenvalue weighted by Gasteiger charge is 2.24. The number of amides is 1. The van der Waals surface area contributed by atoms with E-state index in [1.165, 1.54) is 6.08 Å². The fraction of sp³-hybridized carbons (Fsp3) is 0.318. The van der Waals surface area contributed by atoms with E-state index < -0.39 is 0 Å². The van der Waals surface area contributed by atoms with Crippen LogP contribution in [0, 0.1) is 0 Å². The highest BCUT2D eigenvalue weighted by atomic mass is 16.6. The zero-order valence-corrected chi connectivity index (χ0v) is 17.6. The summed E-state index contributed by atoms with van der Waals surface area (Å²) in [5.41, 5.74) is 0.716. The molecule has 3 heterocycles. The molecule has 2 aromatic rings. The van der Waals surface area contributed by atoms with E-state index in [0.717, 1.165) is 0 Å². The van der Waals surface area contributed by atoms with Crippen molar-refractivity contribution < 1.29 is 23.7 Å². The second-order valence-corrected chi connectivity index (χ2v) is 6.56. The molecule has 0 aromatic carbocycles. The van der Waals surface area contributed by atoms with Gasteiger partial charge in [0.05, 0.1) is 18.8 Å². The Hall–Kier alpha value is -3.79. The number of carbonyl (C=O) groups is 1. The van der Waals surface area contributed by atoms with E-state index in [4.69, 9.17) is 18.9 Å². The summed E-state index contributed by atoms with van der Waals surface area (Å²) < 4.78 is 22.1. The molecule has 1 atom stereocenters. The molecule has 0 bridgehead atoms.